The molecule has 0 bridgehead atoms. The van der Waals surface area contributed by atoms with Crippen molar-refractivity contribution in [2.75, 3.05) is 32.7 Å². The Bertz CT molecular complexity index is 851. The molecule has 1 aliphatic rings. The van der Waals surface area contributed by atoms with Gasteiger partial charge in [-0.15, -0.1) is 0 Å². The molecule has 1 saturated heterocycles. The molecule has 0 radical (unpaired) electrons. The highest BCUT2D eigenvalue weighted by atomic mass is 16.2. The summed E-state index contributed by atoms with van der Waals surface area (Å²) >= 11 is 0. The van der Waals surface area contributed by atoms with Crippen LogP contribution in [0.3, 0.4) is 0 Å². The lowest BCUT2D eigenvalue weighted by atomic mass is 9.94. The molecule has 0 aliphatic carbocycles. The lowest BCUT2D eigenvalue weighted by Crippen LogP contribution is -2.42. The molecule has 2 aromatic carbocycles. The van der Waals surface area contributed by atoms with E-state index in [0.717, 1.165) is 30.8 Å². The summed E-state index contributed by atoms with van der Waals surface area (Å²) < 4.78 is 0. The number of likely N-dealkylation sites (tertiary alicyclic amines) is 1. The lowest BCUT2D eigenvalue weighted by Gasteiger charge is -2.31. The summed E-state index contributed by atoms with van der Waals surface area (Å²) in [5, 5.41) is 0. The monoisotopic (exact) mass is 402 g/mol. The molecule has 1 aliphatic heterocycles. The van der Waals surface area contributed by atoms with Crippen LogP contribution in [0, 0.1) is 0 Å². The van der Waals surface area contributed by atoms with Crippen molar-refractivity contribution in [3.63, 3.8) is 0 Å². The molecule has 2 aromatic rings. The van der Waals surface area contributed by atoms with E-state index in [1.807, 2.05) is 77.7 Å². The zero-order chi connectivity index (χ0) is 21.3. The Balaban J connectivity index is 1.86. The van der Waals surface area contributed by atoms with Gasteiger partial charge in [-0.3, -0.25) is 9.59 Å². The topological polar surface area (TPSA) is 40.6 Å². The van der Waals surface area contributed by atoms with E-state index >= 15 is 0 Å². The fourth-order valence-electron chi connectivity index (χ4n) is 3.67. The van der Waals surface area contributed by atoms with Crippen LogP contribution in [0.5, 0.6) is 0 Å². The number of benzene rings is 2. The van der Waals surface area contributed by atoms with Crippen LogP contribution in [0.4, 0.5) is 0 Å². The molecule has 0 atom stereocenters. The van der Waals surface area contributed by atoms with Crippen LogP contribution in [-0.2, 0) is 9.59 Å². The van der Waals surface area contributed by atoms with Crippen molar-refractivity contribution < 1.29 is 9.59 Å². The molecular weight excluding hydrogens is 372 g/mol. The molecular formula is C26H30N2O2. The summed E-state index contributed by atoms with van der Waals surface area (Å²) in [4.78, 5) is 30.2. The number of amides is 1. The van der Waals surface area contributed by atoms with Crippen LogP contribution in [-0.4, -0.2) is 54.2 Å². The minimum Gasteiger partial charge on any atom is -0.334 e. The highest BCUT2D eigenvalue weighted by Gasteiger charge is 2.29. The summed E-state index contributed by atoms with van der Waals surface area (Å²) in [6.07, 6.45) is 4.28. The Morgan fingerprint density at radius 2 is 1.33 bits per heavy atom. The first kappa shape index (κ1) is 21.7. The average molecular weight is 403 g/mol. The maximum atomic E-state index is 13.2. The van der Waals surface area contributed by atoms with Crippen molar-refractivity contribution in [2.24, 2.45) is 0 Å². The number of carbonyl (C=O) groups is 2. The Hall–Kier alpha value is -2.98. The predicted octanol–water partition coefficient (Wildman–Crippen LogP) is 4.30. The van der Waals surface area contributed by atoms with E-state index in [1.165, 1.54) is 0 Å². The maximum Gasteiger partial charge on any atom is 0.224 e. The number of hydrogen-bond donors (Lipinski definition) is 0. The van der Waals surface area contributed by atoms with Crippen molar-refractivity contribution in [1.29, 1.82) is 0 Å². The third-order valence-corrected chi connectivity index (χ3v) is 5.48. The van der Waals surface area contributed by atoms with Gasteiger partial charge in [-0.25, -0.2) is 0 Å². The first-order valence-corrected chi connectivity index (χ1v) is 10.7. The lowest BCUT2D eigenvalue weighted by molar-refractivity contribution is -0.131. The largest absolute Gasteiger partial charge is 0.334 e. The van der Waals surface area contributed by atoms with Crippen LogP contribution in [0.15, 0.2) is 71.8 Å². The summed E-state index contributed by atoms with van der Waals surface area (Å²) in [5.74, 6) is 0.114. The zero-order valence-corrected chi connectivity index (χ0v) is 17.9. The second kappa shape index (κ2) is 10.7. The third-order valence-electron chi connectivity index (χ3n) is 5.48. The van der Waals surface area contributed by atoms with Crippen molar-refractivity contribution in [3.05, 3.63) is 82.9 Å². The van der Waals surface area contributed by atoms with Gasteiger partial charge in [0.1, 0.15) is 0 Å². The number of ketones is 1. The molecule has 4 nitrogen and oxygen atoms in total. The molecule has 0 unspecified atom stereocenters. The zero-order valence-electron chi connectivity index (χ0n) is 17.9. The first-order valence-electron chi connectivity index (χ1n) is 10.7. The number of piperidine rings is 1. The molecule has 0 aromatic heterocycles. The molecule has 1 amide bonds. The second-order valence-corrected chi connectivity index (χ2v) is 7.52. The molecule has 4 heteroatoms. The van der Waals surface area contributed by atoms with Gasteiger partial charge in [0.2, 0.25) is 5.91 Å². The number of nitrogens with zero attached hydrogens (tertiary/aromatic N) is 2. The van der Waals surface area contributed by atoms with Crippen molar-refractivity contribution in [1.82, 2.24) is 9.80 Å². The van der Waals surface area contributed by atoms with Crippen LogP contribution in [0.25, 0.3) is 12.2 Å². The third kappa shape index (κ3) is 5.77. The SMILES string of the molecule is CCN(CC)CCC(=O)N1CC(=Cc2ccccc2)C(=O)C(=Cc2ccccc2)C1. The second-order valence-electron chi connectivity index (χ2n) is 7.52. The number of carbonyl (C=O) groups excluding carboxylic acids is 2. The maximum absolute atomic E-state index is 13.2. The smallest absolute Gasteiger partial charge is 0.224 e. The minimum atomic E-state index is 0.0236. The van der Waals surface area contributed by atoms with Gasteiger partial charge in [0.25, 0.3) is 0 Å². The fourth-order valence-corrected chi connectivity index (χ4v) is 3.67. The highest BCUT2D eigenvalue weighted by molar-refractivity contribution is 6.15. The first-order chi connectivity index (χ1) is 14.6. The molecule has 30 heavy (non-hydrogen) atoms. The molecule has 1 heterocycles. The molecule has 0 saturated carbocycles. The van der Waals surface area contributed by atoms with Gasteiger partial charge in [-0.1, -0.05) is 74.5 Å². The highest BCUT2D eigenvalue weighted by Crippen LogP contribution is 2.22. The quantitative estimate of drug-likeness (QED) is 0.649. The summed E-state index contributed by atoms with van der Waals surface area (Å²) in [6.45, 7) is 7.53. The normalized spacial score (nSPS) is 17.2. The Morgan fingerprint density at radius 1 is 0.867 bits per heavy atom. The number of rotatable bonds is 7. The molecule has 156 valence electrons. The molecule has 0 N–H and O–H groups in total. The molecule has 1 fully saturated rings. The van der Waals surface area contributed by atoms with E-state index in [-0.39, 0.29) is 11.7 Å². The van der Waals surface area contributed by atoms with Crippen LogP contribution in [0.1, 0.15) is 31.4 Å². The fraction of sp³-hybridized carbons (Fsp3) is 0.308. The van der Waals surface area contributed by atoms with E-state index in [4.69, 9.17) is 0 Å². The van der Waals surface area contributed by atoms with Crippen LogP contribution >= 0.6 is 0 Å². The van der Waals surface area contributed by atoms with Gasteiger partial charge in [0.05, 0.1) is 0 Å². The molecule has 0 spiro atoms. The Kier molecular flexibility index (Phi) is 7.75. The van der Waals surface area contributed by atoms with Gasteiger partial charge in [0.15, 0.2) is 5.78 Å². The van der Waals surface area contributed by atoms with Crippen molar-refractivity contribution >= 4 is 23.8 Å². The summed E-state index contributed by atoms with van der Waals surface area (Å²) in [7, 11) is 0. The van der Waals surface area contributed by atoms with E-state index < -0.39 is 0 Å². The van der Waals surface area contributed by atoms with E-state index in [2.05, 4.69) is 18.7 Å². The van der Waals surface area contributed by atoms with Crippen molar-refractivity contribution in [3.8, 4) is 0 Å². The average Bonchev–Trinajstić information content (AvgIpc) is 2.78. The van der Waals surface area contributed by atoms with Gasteiger partial charge in [-0.2, -0.15) is 0 Å². The minimum absolute atomic E-state index is 0.0236. The van der Waals surface area contributed by atoms with E-state index in [0.29, 0.717) is 30.7 Å². The van der Waals surface area contributed by atoms with E-state index in [1.54, 1.807) is 0 Å². The predicted molar refractivity (Wildman–Crippen MR) is 123 cm³/mol. The summed E-state index contributed by atoms with van der Waals surface area (Å²) in [5.41, 5.74) is 3.26. The van der Waals surface area contributed by atoms with Gasteiger partial charge < -0.3 is 9.80 Å². The standard InChI is InChI=1S/C26H30N2O2/c1-3-27(4-2)16-15-25(29)28-19-23(17-21-11-7-5-8-12-21)26(30)24(20-28)18-22-13-9-6-10-14-22/h5-14,17-18H,3-4,15-16,19-20H2,1-2H3. The van der Waals surface area contributed by atoms with Crippen LogP contribution in [0.2, 0.25) is 0 Å². The van der Waals surface area contributed by atoms with Gasteiger partial charge in [0, 0.05) is 37.2 Å². The van der Waals surface area contributed by atoms with Gasteiger partial charge >= 0.3 is 0 Å². The summed E-state index contributed by atoms with van der Waals surface area (Å²) in [6, 6.07) is 19.6. The van der Waals surface area contributed by atoms with Crippen molar-refractivity contribution in [2.45, 2.75) is 20.3 Å². The Labute approximate surface area is 179 Å². The Morgan fingerprint density at radius 3 is 1.77 bits per heavy atom. The van der Waals surface area contributed by atoms with E-state index in [9.17, 15) is 9.59 Å². The van der Waals surface area contributed by atoms with Gasteiger partial charge in [-0.05, 0) is 36.4 Å². The molecule has 3 rings (SSSR count). The van der Waals surface area contributed by atoms with Crippen LogP contribution < -0.4 is 0 Å². The number of Topliss-reactive ketones (excluding diaryl/α,β-unsaturated/α-hetero) is 1. The number of hydrogen-bond acceptors (Lipinski definition) is 3.